The first kappa shape index (κ1) is 12.8. The van der Waals surface area contributed by atoms with Crippen molar-refractivity contribution in [3.63, 3.8) is 0 Å². The lowest BCUT2D eigenvalue weighted by Crippen LogP contribution is -2.02. The van der Waals surface area contributed by atoms with Gasteiger partial charge in [-0.2, -0.15) is 0 Å². The predicted octanol–water partition coefficient (Wildman–Crippen LogP) is 1.80. The maximum Gasteiger partial charge on any atom is 0.0839 e. The Balaban J connectivity index is 1.68. The highest BCUT2D eigenvalue weighted by Crippen LogP contribution is 2.05. The topological polar surface area (TPSA) is 56.7 Å². The molecule has 1 heterocycles. The van der Waals surface area contributed by atoms with Gasteiger partial charge in [0.25, 0.3) is 0 Å². The van der Waals surface area contributed by atoms with E-state index >= 15 is 0 Å². The Labute approximate surface area is 108 Å². The Morgan fingerprint density at radius 1 is 1.06 bits per heavy atom. The second kappa shape index (κ2) is 6.91. The first-order valence-electron chi connectivity index (χ1n) is 6.51. The fourth-order valence-corrected chi connectivity index (χ4v) is 1.96. The molecule has 0 saturated heterocycles. The third-order valence-electron chi connectivity index (χ3n) is 2.93. The molecule has 0 fully saturated rings. The number of benzene rings is 1. The molecular formula is C14H20N4. The van der Waals surface area contributed by atoms with Crippen LogP contribution >= 0.6 is 0 Å². The summed E-state index contributed by atoms with van der Waals surface area (Å²) in [5, 5.41) is 8.17. The molecule has 0 atom stereocenters. The number of hydrogen-bond donors (Lipinski definition) is 1. The largest absolute Gasteiger partial charge is 0.330 e. The van der Waals surface area contributed by atoms with Crippen molar-refractivity contribution in [1.29, 1.82) is 0 Å². The number of hydrogen-bond acceptors (Lipinski definition) is 3. The van der Waals surface area contributed by atoms with E-state index in [2.05, 4.69) is 40.6 Å². The zero-order chi connectivity index (χ0) is 12.6. The number of unbranched alkanes of at least 4 members (excludes halogenated alkanes) is 1. The second-order valence-corrected chi connectivity index (χ2v) is 4.45. The molecule has 0 amide bonds. The summed E-state index contributed by atoms with van der Waals surface area (Å²) >= 11 is 0. The minimum absolute atomic E-state index is 0.632. The van der Waals surface area contributed by atoms with Crippen LogP contribution in [0.4, 0.5) is 0 Å². The smallest absolute Gasteiger partial charge is 0.0839 e. The molecule has 0 saturated carbocycles. The van der Waals surface area contributed by atoms with Gasteiger partial charge in [0.1, 0.15) is 0 Å². The second-order valence-electron chi connectivity index (χ2n) is 4.45. The minimum atomic E-state index is 0.632. The van der Waals surface area contributed by atoms with Gasteiger partial charge in [0, 0.05) is 19.2 Å². The molecular weight excluding hydrogens is 224 g/mol. The Bertz CT molecular complexity index is 450. The third-order valence-corrected chi connectivity index (χ3v) is 2.93. The van der Waals surface area contributed by atoms with E-state index < -0.39 is 0 Å². The molecule has 2 rings (SSSR count). The van der Waals surface area contributed by atoms with E-state index in [0.29, 0.717) is 6.54 Å². The molecule has 18 heavy (non-hydrogen) atoms. The van der Waals surface area contributed by atoms with E-state index in [1.54, 1.807) is 0 Å². The molecule has 2 N–H and O–H groups in total. The molecule has 4 nitrogen and oxygen atoms in total. The van der Waals surface area contributed by atoms with Gasteiger partial charge in [-0.1, -0.05) is 35.5 Å². The lowest BCUT2D eigenvalue weighted by atomic mass is 10.1. The fraction of sp³-hybridized carbons (Fsp3) is 0.429. The molecule has 0 aliphatic heterocycles. The summed E-state index contributed by atoms with van der Waals surface area (Å²) in [6, 6.07) is 10.6. The van der Waals surface area contributed by atoms with Gasteiger partial charge in [0.2, 0.25) is 0 Å². The van der Waals surface area contributed by atoms with Gasteiger partial charge in [-0.05, 0) is 31.4 Å². The number of aromatic nitrogens is 3. The number of aryl methyl sites for hydroxylation is 2. The zero-order valence-electron chi connectivity index (χ0n) is 10.6. The summed E-state index contributed by atoms with van der Waals surface area (Å²) < 4.78 is 1.91. The van der Waals surface area contributed by atoms with Gasteiger partial charge in [-0.15, -0.1) is 5.10 Å². The van der Waals surface area contributed by atoms with Crippen molar-refractivity contribution in [2.75, 3.05) is 6.54 Å². The zero-order valence-corrected chi connectivity index (χ0v) is 10.6. The van der Waals surface area contributed by atoms with Crippen LogP contribution in [0.1, 0.15) is 24.1 Å². The Morgan fingerprint density at radius 2 is 1.89 bits per heavy atom. The molecule has 0 bridgehead atoms. The van der Waals surface area contributed by atoms with Crippen LogP contribution < -0.4 is 5.73 Å². The van der Waals surface area contributed by atoms with E-state index in [0.717, 1.165) is 31.5 Å². The molecule has 0 unspecified atom stereocenters. The highest BCUT2D eigenvalue weighted by Gasteiger charge is 1.99. The Kier molecular flexibility index (Phi) is 4.90. The predicted molar refractivity (Wildman–Crippen MR) is 72.2 cm³/mol. The average molecular weight is 244 g/mol. The monoisotopic (exact) mass is 244 g/mol. The average Bonchev–Trinajstić information content (AvgIpc) is 2.84. The van der Waals surface area contributed by atoms with Crippen molar-refractivity contribution in [1.82, 2.24) is 15.0 Å². The van der Waals surface area contributed by atoms with E-state index in [1.165, 1.54) is 12.0 Å². The third kappa shape index (κ3) is 3.96. The Morgan fingerprint density at radius 3 is 2.67 bits per heavy atom. The van der Waals surface area contributed by atoms with Crippen molar-refractivity contribution in [2.24, 2.45) is 5.73 Å². The van der Waals surface area contributed by atoms with Crippen molar-refractivity contribution in [3.8, 4) is 0 Å². The van der Waals surface area contributed by atoms with Crippen LogP contribution in [0.3, 0.4) is 0 Å². The van der Waals surface area contributed by atoms with Gasteiger partial charge < -0.3 is 5.73 Å². The number of rotatable bonds is 7. The highest BCUT2D eigenvalue weighted by atomic mass is 15.4. The summed E-state index contributed by atoms with van der Waals surface area (Å²) in [5.41, 5.74) is 7.87. The van der Waals surface area contributed by atoms with Crippen LogP contribution in [-0.4, -0.2) is 21.5 Å². The summed E-state index contributed by atoms with van der Waals surface area (Å²) in [5.74, 6) is 0. The summed E-state index contributed by atoms with van der Waals surface area (Å²) in [7, 11) is 0. The van der Waals surface area contributed by atoms with Gasteiger partial charge in [0.05, 0.1) is 5.69 Å². The maximum atomic E-state index is 5.48. The van der Waals surface area contributed by atoms with Crippen molar-refractivity contribution >= 4 is 0 Å². The quantitative estimate of drug-likeness (QED) is 0.756. The van der Waals surface area contributed by atoms with E-state index in [9.17, 15) is 0 Å². The van der Waals surface area contributed by atoms with Gasteiger partial charge in [-0.25, -0.2) is 0 Å². The lowest BCUT2D eigenvalue weighted by Gasteiger charge is -2.01. The van der Waals surface area contributed by atoms with Crippen molar-refractivity contribution in [2.45, 2.75) is 32.2 Å². The molecule has 0 radical (unpaired) electrons. The van der Waals surface area contributed by atoms with Crippen molar-refractivity contribution < 1.29 is 0 Å². The van der Waals surface area contributed by atoms with Crippen LogP contribution in [-0.2, 0) is 19.4 Å². The minimum Gasteiger partial charge on any atom is -0.330 e. The highest BCUT2D eigenvalue weighted by molar-refractivity contribution is 5.14. The molecule has 0 aliphatic rings. The van der Waals surface area contributed by atoms with E-state index in [4.69, 9.17) is 5.73 Å². The van der Waals surface area contributed by atoms with E-state index in [-0.39, 0.29) is 0 Å². The van der Waals surface area contributed by atoms with Gasteiger partial charge in [-0.3, -0.25) is 4.68 Å². The van der Waals surface area contributed by atoms with Gasteiger partial charge >= 0.3 is 0 Å². The molecule has 0 spiro atoms. The fourth-order valence-electron chi connectivity index (χ4n) is 1.96. The molecule has 0 aliphatic carbocycles. The molecule has 96 valence electrons. The van der Waals surface area contributed by atoms with Crippen molar-refractivity contribution in [3.05, 3.63) is 47.8 Å². The molecule has 2 aromatic rings. The first-order valence-corrected chi connectivity index (χ1v) is 6.51. The summed E-state index contributed by atoms with van der Waals surface area (Å²) in [6.07, 6.45) is 6.24. The molecule has 1 aromatic heterocycles. The van der Waals surface area contributed by atoms with Crippen LogP contribution in [0.25, 0.3) is 0 Å². The Hall–Kier alpha value is -1.68. The first-order chi connectivity index (χ1) is 8.88. The lowest BCUT2D eigenvalue weighted by molar-refractivity contribution is 0.541. The standard InChI is InChI=1S/C14H20N4/c15-10-9-14-12-18(17-16-14)11-5-4-8-13-6-2-1-3-7-13/h1-3,6-7,12H,4-5,8-11,15H2. The van der Waals surface area contributed by atoms with Gasteiger partial charge in [0.15, 0.2) is 0 Å². The molecule has 4 heteroatoms. The SMILES string of the molecule is NCCc1cn(CCCCc2ccccc2)nn1. The number of nitrogens with two attached hydrogens (primary N) is 1. The van der Waals surface area contributed by atoms with Crippen LogP contribution in [0.5, 0.6) is 0 Å². The normalized spacial score (nSPS) is 10.7. The maximum absolute atomic E-state index is 5.48. The van der Waals surface area contributed by atoms with Crippen LogP contribution in [0, 0.1) is 0 Å². The van der Waals surface area contributed by atoms with E-state index in [1.807, 2.05) is 10.9 Å². The summed E-state index contributed by atoms with van der Waals surface area (Å²) in [6.45, 7) is 1.57. The molecule has 1 aromatic carbocycles. The number of nitrogens with zero attached hydrogens (tertiary/aromatic N) is 3. The van der Waals surface area contributed by atoms with Crippen LogP contribution in [0.2, 0.25) is 0 Å². The van der Waals surface area contributed by atoms with Crippen LogP contribution in [0.15, 0.2) is 36.5 Å². The summed E-state index contributed by atoms with van der Waals surface area (Å²) in [4.78, 5) is 0.